The van der Waals surface area contributed by atoms with Crippen molar-refractivity contribution in [1.82, 2.24) is 14.8 Å². The molecule has 1 atom stereocenters. The molecule has 1 aromatic carbocycles. The summed E-state index contributed by atoms with van der Waals surface area (Å²) in [6.07, 6.45) is 5.83. The second-order valence-electron chi connectivity index (χ2n) is 9.72. The first kappa shape index (κ1) is 22.0. The molecule has 0 radical (unpaired) electrons. The second-order valence-corrected chi connectivity index (χ2v) is 9.72. The third kappa shape index (κ3) is 4.49. The Morgan fingerprint density at radius 2 is 1.94 bits per heavy atom. The van der Waals surface area contributed by atoms with Crippen molar-refractivity contribution in [2.24, 2.45) is 5.92 Å². The highest BCUT2D eigenvalue weighted by Crippen LogP contribution is 2.32. The highest BCUT2D eigenvalue weighted by molar-refractivity contribution is 6.07. The van der Waals surface area contributed by atoms with Gasteiger partial charge in [-0.1, -0.05) is 25.1 Å². The lowest BCUT2D eigenvalue weighted by atomic mass is 9.90. The van der Waals surface area contributed by atoms with Crippen LogP contribution in [0.3, 0.4) is 0 Å². The van der Waals surface area contributed by atoms with Gasteiger partial charge in [0.2, 0.25) is 0 Å². The van der Waals surface area contributed by atoms with Crippen molar-refractivity contribution in [3.05, 3.63) is 64.5 Å². The highest BCUT2D eigenvalue weighted by atomic mass is 16.2. The van der Waals surface area contributed by atoms with E-state index in [0.29, 0.717) is 25.3 Å². The summed E-state index contributed by atoms with van der Waals surface area (Å²) in [4.78, 5) is 45.7. The molecule has 5 rings (SSSR count). The molecule has 172 valence electrons. The largest absolute Gasteiger partial charge is 0.324 e. The first-order valence-corrected chi connectivity index (χ1v) is 12.1. The maximum absolute atomic E-state index is 13.0. The van der Waals surface area contributed by atoms with Crippen molar-refractivity contribution in [3.63, 3.8) is 0 Å². The van der Waals surface area contributed by atoms with E-state index in [9.17, 15) is 14.4 Å². The number of benzene rings is 1. The van der Waals surface area contributed by atoms with E-state index in [1.54, 1.807) is 4.90 Å². The SMILES string of the molecule is CCc1ccc(CN2CC(CCc3cccc4c3CN(C3CCC(=O)CC3=O)C4=O)C2)cn1. The van der Waals surface area contributed by atoms with Crippen LogP contribution in [-0.2, 0) is 35.5 Å². The number of likely N-dealkylation sites (tertiary alicyclic amines) is 1. The van der Waals surface area contributed by atoms with Crippen molar-refractivity contribution < 1.29 is 14.4 Å². The standard InChI is InChI=1S/C27H31N3O3/c1-2-21-9-7-18(13-28-21)14-29-15-19(16-29)6-8-20-4-3-5-23-24(20)17-30(27(23)33)25-11-10-22(31)12-26(25)32/h3-5,7,9,13,19,25H,2,6,8,10-12,14-17H2,1H3. The fourth-order valence-corrected chi connectivity index (χ4v) is 5.46. The lowest BCUT2D eigenvalue weighted by molar-refractivity contribution is -0.133. The lowest BCUT2D eigenvalue weighted by Crippen LogP contribution is -2.46. The number of pyridine rings is 1. The van der Waals surface area contributed by atoms with Crippen LogP contribution >= 0.6 is 0 Å². The Kier molecular flexibility index (Phi) is 6.11. The molecule has 1 unspecified atom stereocenters. The van der Waals surface area contributed by atoms with Gasteiger partial charge in [0.05, 0.1) is 12.5 Å². The summed E-state index contributed by atoms with van der Waals surface area (Å²) in [7, 11) is 0. The summed E-state index contributed by atoms with van der Waals surface area (Å²) >= 11 is 0. The van der Waals surface area contributed by atoms with Gasteiger partial charge in [0, 0.05) is 50.1 Å². The number of aryl methyl sites for hydroxylation is 2. The number of carbonyl (C=O) groups is 3. The molecule has 6 heteroatoms. The van der Waals surface area contributed by atoms with E-state index in [1.165, 1.54) is 11.1 Å². The molecule has 0 spiro atoms. The fourth-order valence-electron chi connectivity index (χ4n) is 5.46. The molecule has 1 aromatic heterocycles. The number of hydrogen-bond donors (Lipinski definition) is 0. The maximum Gasteiger partial charge on any atom is 0.255 e. The number of amides is 1. The van der Waals surface area contributed by atoms with Gasteiger partial charge in [0.1, 0.15) is 5.78 Å². The van der Waals surface area contributed by atoms with E-state index in [1.807, 2.05) is 18.3 Å². The van der Waals surface area contributed by atoms with Crippen molar-refractivity contribution in [2.45, 2.75) is 64.6 Å². The molecule has 1 saturated heterocycles. The van der Waals surface area contributed by atoms with Gasteiger partial charge in [0.25, 0.3) is 5.91 Å². The maximum atomic E-state index is 13.0. The number of fused-ring (bicyclic) bond motifs is 1. The van der Waals surface area contributed by atoms with Crippen molar-refractivity contribution >= 4 is 17.5 Å². The number of ketones is 2. The van der Waals surface area contributed by atoms with Crippen LogP contribution in [0.4, 0.5) is 0 Å². The van der Waals surface area contributed by atoms with Gasteiger partial charge in [-0.2, -0.15) is 0 Å². The Balaban J connectivity index is 1.16. The van der Waals surface area contributed by atoms with Gasteiger partial charge in [0.15, 0.2) is 5.78 Å². The van der Waals surface area contributed by atoms with Crippen LogP contribution in [0.1, 0.15) is 65.3 Å². The van der Waals surface area contributed by atoms with E-state index in [-0.39, 0.29) is 23.9 Å². The van der Waals surface area contributed by atoms with Gasteiger partial charge >= 0.3 is 0 Å². The summed E-state index contributed by atoms with van der Waals surface area (Å²) in [6.45, 7) is 5.76. The van der Waals surface area contributed by atoms with E-state index >= 15 is 0 Å². The van der Waals surface area contributed by atoms with Crippen LogP contribution in [0.25, 0.3) is 0 Å². The molecule has 2 aromatic rings. The van der Waals surface area contributed by atoms with Crippen LogP contribution in [0, 0.1) is 5.92 Å². The average Bonchev–Trinajstić information content (AvgIpc) is 3.12. The molecular formula is C27H31N3O3. The molecule has 0 N–H and O–H groups in total. The highest BCUT2D eigenvalue weighted by Gasteiger charge is 2.39. The van der Waals surface area contributed by atoms with Crippen LogP contribution in [-0.4, -0.2) is 51.4 Å². The average molecular weight is 446 g/mol. The first-order valence-electron chi connectivity index (χ1n) is 12.1. The summed E-state index contributed by atoms with van der Waals surface area (Å²) in [5.74, 6) is 0.493. The second kappa shape index (κ2) is 9.18. The summed E-state index contributed by atoms with van der Waals surface area (Å²) in [5.41, 5.74) is 5.43. The third-order valence-corrected chi connectivity index (χ3v) is 7.42. The third-order valence-electron chi connectivity index (χ3n) is 7.42. The lowest BCUT2D eigenvalue weighted by Gasteiger charge is -2.39. The number of aromatic nitrogens is 1. The molecule has 1 saturated carbocycles. The van der Waals surface area contributed by atoms with Crippen molar-refractivity contribution in [1.29, 1.82) is 0 Å². The van der Waals surface area contributed by atoms with E-state index in [2.05, 4.69) is 35.0 Å². The minimum Gasteiger partial charge on any atom is -0.324 e. The predicted molar refractivity (Wildman–Crippen MR) is 125 cm³/mol. The van der Waals surface area contributed by atoms with Crippen LogP contribution in [0.15, 0.2) is 36.5 Å². The number of carbonyl (C=O) groups excluding carboxylic acids is 3. The zero-order chi connectivity index (χ0) is 22.9. The number of hydrogen-bond acceptors (Lipinski definition) is 5. The Hall–Kier alpha value is -2.86. The molecule has 6 nitrogen and oxygen atoms in total. The molecule has 3 aliphatic rings. The van der Waals surface area contributed by atoms with E-state index in [4.69, 9.17) is 0 Å². The topological polar surface area (TPSA) is 70.6 Å². The Morgan fingerprint density at radius 1 is 1.09 bits per heavy atom. The van der Waals surface area contributed by atoms with Gasteiger partial charge in [-0.3, -0.25) is 24.3 Å². The Morgan fingerprint density at radius 3 is 2.67 bits per heavy atom. The Bertz CT molecular complexity index is 1070. The monoisotopic (exact) mass is 445 g/mol. The molecule has 1 amide bonds. The fraction of sp³-hybridized carbons (Fsp3) is 0.481. The van der Waals surface area contributed by atoms with Gasteiger partial charge in [-0.15, -0.1) is 0 Å². The molecule has 33 heavy (non-hydrogen) atoms. The Labute approximate surface area is 195 Å². The summed E-state index contributed by atoms with van der Waals surface area (Å²) in [5, 5.41) is 0. The van der Waals surface area contributed by atoms with E-state index in [0.717, 1.165) is 55.7 Å². The number of rotatable bonds is 7. The smallest absolute Gasteiger partial charge is 0.255 e. The molecule has 2 fully saturated rings. The molecule has 1 aliphatic carbocycles. The van der Waals surface area contributed by atoms with Gasteiger partial charge in [-0.05, 0) is 60.4 Å². The molecule has 0 bridgehead atoms. The molecule has 3 heterocycles. The van der Waals surface area contributed by atoms with Gasteiger partial charge < -0.3 is 4.90 Å². The zero-order valence-electron chi connectivity index (χ0n) is 19.3. The summed E-state index contributed by atoms with van der Waals surface area (Å²) < 4.78 is 0. The predicted octanol–water partition coefficient (Wildman–Crippen LogP) is 3.36. The first-order chi connectivity index (χ1) is 16.0. The minimum atomic E-state index is -0.448. The van der Waals surface area contributed by atoms with Crippen molar-refractivity contribution in [3.8, 4) is 0 Å². The van der Waals surface area contributed by atoms with Gasteiger partial charge in [-0.25, -0.2) is 0 Å². The van der Waals surface area contributed by atoms with Crippen LogP contribution in [0.5, 0.6) is 0 Å². The molecule has 2 aliphatic heterocycles. The van der Waals surface area contributed by atoms with Crippen LogP contribution in [0.2, 0.25) is 0 Å². The van der Waals surface area contributed by atoms with Crippen LogP contribution < -0.4 is 0 Å². The normalized spacial score (nSPS) is 21.4. The molecular weight excluding hydrogens is 414 g/mol. The number of Topliss-reactive ketones (excluding diaryl/α,β-unsaturated/α-hetero) is 2. The summed E-state index contributed by atoms with van der Waals surface area (Å²) in [6, 6.07) is 9.81. The van der Waals surface area contributed by atoms with Crippen molar-refractivity contribution in [2.75, 3.05) is 13.1 Å². The van der Waals surface area contributed by atoms with E-state index < -0.39 is 6.04 Å². The quantitative estimate of drug-likeness (QED) is 0.612. The zero-order valence-corrected chi connectivity index (χ0v) is 19.3. The minimum absolute atomic E-state index is 0.00937. The number of nitrogens with zero attached hydrogens (tertiary/aromatic N) is 3.